The van der Waals surface area contributed by atoms with E-state index in [9.17, 15) is 0 Å². The minimum atomic E-state index is -0.0403. The number of amidine groups is 1. The van der Waals surface area contributed by atoms with Crippen LogP contribution in [-0.4, -0.2) is 35.8 Å². The van der Waals surface area contributed by atoms with Crippen LogP contribution in [0, 0.1) is 10.8 Å². The van der Waals surface area contributed by atoms with E-state index in [1.54, 1.807) is 0 Å². The molecule has 1 atom stereocenters. The summed E-state index contributed by atoms with van der Waals surface area (Å²) in [7, 11) is 2.01. The fourth-order valence-electron chi connectivity index (χ4n) is 1.10. The predicted octanol–water partition coefficient (Wildman–Crippen LogP) is 2.69. The van der Waals surface area contributed by atoms with E-state index in [4.69, 9.17) is 5.41 Å². The van der Waals surface area contributed by atoms with Crippen LogP contribution in [0.1, 0.15) is 27.7 Å². The Labute approximate surface area is 86.6 Å². The lowest BCUT2D eigenvalue weighted by Crippen LogP contribution is -2.42. The summed E-state index contributed by atoms with van der Waals surface area (Å²) in [6.45, 7) is 8.41. The molecule has 0 bridgehead atoms. The molecule has 0 aromatic heterocycles. The molecular weight excluding hydrogens is 180 g/mol. The number of nitrogens with one attached hydrogen (secondary N) is 1. The van der Waals surface area contributed by atoms with Crippen molar-refractivity contribution in [3.05, 3.63) is 0 Å². The zero-order valence-corrected chi connectivity index (χ0v) is 10.5. The highest BCUT2D eigenvalue weighted by Crippen LogP contribution is 2.19. The molecule has 0 saturated carbocycles. The third-order valence-corrected chi connectivity index (χ3v) is 2.95. The minimum absolute atomic E-state index is 0.0403. The third-order valence-electron chi connectivity index (χ3n) is 2.13. The summed E-state index contributed by atoms with van der Waals surface area (Å²) in [6.07, 6.45) is 2.10. The molecule has 0 aromatic carbocycles. The van der Waals surface area contributed by atoms with Crippen LogP contribution in [0.5, 0.6) is 0 Å². The van der Waals surface area contributed by atoms with Gasteiger partial charge in [-0.3, -0.25) is 5.41 Å². The van der Waals surface area contributed by atoms with E-state index in [1.165, 1.54) is 0 Å². The zero-order chi connectivity index (χ0) is 10.6. The van der Waals surface area contributed by atoms with Gasteiger partial charge in [0, 0.05) is 24.3 Å². The van der Waals surface area contributed by atoms with Gasteiger partial charge in [-0.15, -0.1) is 0 Å². The highest BCUT2D eigenvalue weighted by molar-refractivity contribution is 7.98. The molecule has 78 valence electrons. The van der Waals surface area contributed by atoms with E-state index in [0.717, 1.165) is 5.75 Å². The molecule has 3 heteroatoms. The van der Waals surface area contributed by atoms with E-state index in [0.29, 0.717) is 11.9 Å². The molecule has 0 spiro atoms. The Hall–Kier alpha value is -0.180. The average molecular weight is 202 g/mol. The predicted molar refractivity (Wildman–Crippen MR) is 62.8 cm³/mol. The fraction of sp³-hybridized carbons (Fsp3) is 0.900. The van der Waals surface area contributed by atoms with Crippen molar-refractivity contribution in [1.82, 2.24) is 4.90 Å². The summed E-state index contributed by atoms with van der Waals surface area (Å²) in [5, 5.41) is 7.97. The van der Waals surface area contributed by atoms with Gasteiger partial charge in [-0.2, -0.15) is 11.8 Å². The highest BCUT2D eigenvalue weighted by atomic mass is 32.2. The fourth-order valence-corrected chi connectivity index (χ4v) is 1.81. The van der Waals surface area contributed by atoms with Gasteiger partial charge in [-0.25, -0.2) is 0 Å². The standard InChI is InChI=1S/C10H22N2S/c1-8(7-13-6)12(5)9(11)10(2,3)4/h8,11H,7H2,1-6H3. The number of hydrogen-bond donors (Lipinski definition) is 1. The van der Waals surface area contributed by atoms with Gasteiger partial charge in [-0.1, -0.05) is 20.8 Å². The van der Waals surface area contributed by atoms with E-state index < -0.39 is 0 Å². The van der Waals surface area contributed by atoms with Gasteiger partial charge in [-0.05, 0) is 13.2 Å². The summed E-state index contributed by atoms with van der Waals surface area (Å²) in [4.78, 5) is 2.07. The average Bonchev–Trinajstić information content (AvgIpc) is 2.00. The largest absolute Gasteiger partial charge is 0.360 e. The van der Waals surface area contributed by atoms with Crippen LogP contribution in [0.25, 0.3) is 0 Å². The van der Waals surface area contributed by atoms with Crippen LogP contribution < -0.4 is 0 Å². The Bertz CT molecular complexity index is 172. The Morgan fingerprint density at radius 3 is 2.23 bits per heavy atom. The lowest BCUT2D eigenvalue weighted by Gasteiger charge is -2.33. The van der Waals surface area contributed by atoms with Gasteiger partial charge in [0.15, 0.2) is 0 Å². The molecule has 0 aromatic rings. The second kappa shape index (κ2) is 4.89. The van der Waals surface area contributed by atoms with E-state index in [-0.39, 0.29) is 5.41 Å². The summed E-state index contributed by atoms with van der Waals surface area (Å²) in [5.41, 5.74) is -0.0403. The quantitative estimate of drug-likeness (QED) is 0.563. The van der Waals surface area contributed by atoms with E-state index >= 15 is 0 Å². The van der Waals surface area contributed by atoms with Crippen LogP contribution in [0.4, 0.5) is 0 Å². The minimum Gasteiger partial charge on any atom is -0.360 e. The van der Waals surface area contributed by atoms with Gasteiger partial charge in [0.2, 0.25) is 0 Å². The first-order chi connectivity index (χ1) is 5.80. The van der Waals surface area contributed by atoms with Gasteiger partial charge >= 0.3 is 0 Å². The first-order valence-electron chi connectivity index (χ1n) is 4.61. The van der Waals surface area contributed by atoms with Gasteiger partial charge in [0.1, 0.15) is 5.84 Å². The maximum absolute atomic E-state index is 7.97. The molecule has 0 fully saturated rings. The van der Waals surface area contributed by atoms with Gasteiger partial charge < -0.3 is 4.90 Å². The Kier molecular flexibility index (Phi) is 4.82. The molecule has 0 amide bonds. The number of nitrogens with zero attached hydrogens (tertiary/aromatic N) is 1. The Morgan fingerprint density at radius 1 is 1.46 bits per heavy atom. The molecule has 2 nitrogen and oxygen atoms in total. The second-order valence-electron chi connectivity index (χ2n) is 4.51. The van der Waals surface area contributed by atoms with E-state index in [1.807, 2.05) is 18.8 Å². The van der Waals surface area contributed by atoms with Crippen molar-refractivity contribution >= 4 is 17.6 Å². The second-order valence-corrected chi connectivity index (χ2v) is 5.42. The van der Waals surface area contributed by atoms with E-state index in [2.05, 4.69) is 38.9 Å². The first-order valence-corrected chi connectivity index (χ1v) is 6.01. The molecule has 1 unspecified atom stereocenters. The number of thioether (sulfide) groups is 1. The number of hydrogen-bond acceptors (Lipinski definition) is 2. The molecular formula is C10H22N2S. The summed E-state index contributed by atoms with van der Waals surface area (Å²) >= 11 is 1.83. The molecule has 0 aliphatic heterocycles. The first kappa shape index (κ1) is 12.8. The molecule has 0 heterocycles. The molecule has 0 aliphatic carbocycles. The monoisotopic (exact) mass is 202 g/mol. The highest BCUT2D eigenvalue weighted by Gasteiger charge is 2.23. The Morgan fingerprint density at radius 2 is 1.92 bits per heavy atom. The zero-order valence-electron chi connectivity index (χ0n) is 9.64. The molecule has 13 heavy (non-hydrogen) atoms. The van der Waals surface area contributed by atoms with Crippen LogP contribution in [0.15, 0.2) is 0 Å². The summed E-state index contributed by atoms with van der Waals surface area (Å²) < 4.78 is 0. The maximum Gasteiger partial charge on any atom is 0.101 e. The smallest absolute Gasteiger partial charge is 0.101 e. The SMILES string of the molecule is CSCC(C)N(C)C(=N)C(C)(C)C. The van der Waals surface area contributed by atoms with Gasteiger partial charge in [0.05, 0.1) is 0 Å². The Balaban J connectivity index is 4.26. The van der Waals surface area contributed by atoms with Crippen LogP contribution >= 0.6 is 11.8 Å². The molecule has 0 saturated heterocycles. The third kappa shape index (κ3) is 4.03. The van der Waals surface area contributed by atoms with Crippen molar-refractivity contribution in [3.63, 3.8) is 0 Å². The molecule has 0 aliphatic rings. The summed E-state index contributed by atoms with van der Waals surface area (Å²) in [6, 6.07) is 0.446. The summed E-state index contributed by atoms with van der Waals surface area (Å²) in [5.74, 6) is 1.80. The van der Waals surface area contributed by atoms with Crippen molar-refractivity contribution in [2.24, 2.45) is 5.41 Å². The molecule has 1 N–H and O–H groups in total. The van der Waals surface area contributed by atoms with Crippen LogP contribution in [0.2, 0.25) is 0 Å². The normalized spacial score (nSPS) is 14.0. The van der Waals surface area contributed by atoms with Crippen molar-refractivity contribution in [2.45, 2.75) is 33.7 Å². The maximum atomic E-state index is 7.97. The topological polar surface area (TPSA) is 27.1 Å². The van der Waals surface area contributed by atoms with Crippen LogP contribution in [-0.2, 0) is 0 Å². The van der Waals surface area contributed by atoms with Crippen molar-refractivity contribution in [2.75, 3.05) is 19.1 Å². The van der Waals surface area contributed by atoms with Crippen LogP contribution in [0.3, 0.4) is 0 Å². The van der Waals surface area contributed by atoms with Gasteiger partial charge in [0.25, 0.3) is 0 Å². The number of rotatable bonds is 3. The molecule has 0 radical (unpaired) electrons. The molecule has 0 rings (SSSR count). The van der Waals surface area contributed by atoms with Crippen molar-refractivity contribution in [3.8, 4) is 0 Å². The van der Waals surface area contributed by atoms with Crippen molar-refractivity contribution in [1.29, 1.82) is 5.41 Å². The lowest BCUT2D eigenvalue weighted by atomic mass is 9.94. The lowest BCUT2D eigenvalue weighted by molar-refractivity contribution is 0.369. The van der Waals surface area contributed by atoms with Crippen molar-refractivity contribution < 1.29 is 0 Å².